The van der Waals surface area contributed by atoms with Crippen LogP contribution in [0.15, 0.2) is 0 Å². The standard InChI is InChI=1S/C4H10.C3H8N2O/c1-3-4-2;1-4-3(6)5-2/h3-4H2,1-2H3;1-2H3,(H2,4,5,6). The minimum atomic E-state index is -0.157. The van der Waals surface area contributed by atoms with Gasteiger partial charge in [-0.2, -0.15) is 0 Å². The molecule has 62 valence electrons. The van der Waals surface area contributed by atoms with Crippen LogP contribution in [0.4, 0.5) is 4.79 Å². The Morgan fingerprint density at radius 1 is 1.10 bits per heavy atom. The molecule has 0 aromatic rings. The Morgan fingerprint density at radius 2 is 1.40 bits per heavy atom. The molecule has 2 N–H and O–H groups in total. The minimum Gasteiger partial charge on any atom is -0.341 e. The Hall–Kier alpha value is -0.730. The Kier molecular flexibility index (Phi) is 13.3. The van der Waals surface area contributed by atoms with Crippen molar-refractivity contribution in [2.75, 3.05) is 14.1 Å². The Labute approximate surface area is 63.2 Å². The van der Waals surface area contributed by atoms with Gasteiger partial charge in [0.2, 0.25) is 0 Å². The number of hydrogen-bond acceptors (Lipinski definition) is 1. The summed E-state index contributed by atoms with van der Waals surface area (Å²) in [6.07, 6.45) is 2.64. The molecule has 3 nitrogen and oxygen atoms in total. The highest BCUT2D eigenvalue weighted by atomic mass is 16.2. The molecule has 0 heterocycles. The topological polar surface area (TPSA) is 41.1 Å². The van der Waals surface area contributed by atoms with Crippen LogP contribution in [-0.4, -0.2) is 20.1 Å². The SMILES string of the molecule is CCCC.CNC(=O)NC. The van der Waals surface area contributed by atoms with Crippen LogP contribution in [-0.2, 0) is 0 Å². The molecule has 0 spiro atoms. The van der Waals surface area contributed by atoms with Crippen LogP contribution < -0.4 is 10.6 Å². The number of hydrogen-bond donors (Lipinski definition) is 2. The molecule has 10 heavy (non-hydrogen) atoms. The lowest BCUT2D eigenvalue weighted by Gasteiger charge is -1.91. The highest BCUT2D eigenvalue weighted by molar-refractivity contribution is 5.72. The molecule has 3 heteroatoms. The molecule has 0 aliphatic heterocycles. The normalized spacial score (nSPS) is 7.20. The number of carbonyl (C=O) groups excluding carboxylic acids is 1. The fraction of sp³-hybridized carbons (Fsp3) is 0.857. The number of rotatable bonds is 1. The Morgan fingerprint density at radius 3 is 1.40 bits per heavy atom. The van der Waals surface area contributed by atoms with Gasteiger partial charge in [-0.25, -0.2) is 4.79 Å². The molecule has 0 atom stereocenters. The van der Waals surface area contributed by atoms with E-state index in [2.05, 4.69) is 24.5 Å². The van der Waals surface area contributed by atoms with Gasteiger partial charge in [-0.05, 0) is 0 Å². The first kappa shape index (κ1) is 12.0. The van der Waals surface area contributed by atoms with Crippen molar-refractivity contribution in [1.29, 1.82) is 0 Å². The summed E-state index contributed by atoms with van der Waals surface area (Å²) in [7, 11) is 3.14. The second-order valence-electron chi connectivity index (χ2n) is 1.83. The summed E-state index contributed by atoms with van der Waals surface area (Å²) in [5.41, 5.74) is 0. The number of urea groups is 1. The summed E-state index contributed by atoms with van der Waals surface area (Å²) in [5, 5.41) is 4.73. The van der Waals surface area contributed by atoms with Gasteiger partial charge in [-0.1, -0.05) is 26.7 Å². The maximum atomic E-state index is 9.96. The number of amides is 2. The molecule has 0 unspecified atom stereocenters. The van der Waals surface area contributed by atoms with E-state index in [1.807, 2.05) is 0 Å². The summed E-state index contributed by atoms with van der Waals surface area (Å²) in [5.74, 6) is 0. The Bertz CT molecular complexity index is 66.0. The van der Waals surface area contributed by atoms with E-state index < -0.39 is 0 Å². The van der Waals surface area contributed by atoms with Crippen LogP contribution in [0.1, 0.15) is 26.7 Å². The first-order chi connectivity index (χ1) is 4.72. The average Bonchev–Trinajstić information content (AvgIpc) is 2.03. The molecule has 0 fully saturated rings. The van der Waals surface area contributed by atoms with Crippen molar-refractivity contribution < 1.29 is 4.79 Å². The summed E-state index contributed by atoms with van der Waals surface area (Å²) in [6.45, 7) is 4.36. The van der Waals surface area contributed by atoms with Gasteiger partial charge in [0.1, 0.15) is 0 Å². The molecule has 0 saturated heterocycles. The third-order valence-electron chi connectivity index (χ3n) is 0.954. The average molecular weight is 146 g/mol. The molecule has 0 aromatic heterocycles. The molecular weight excluding hydrogens is 128 g/mol. The molecule has 0 bridgehead atoms. The lowest BCUT2D eigenvalue weighted by molar-refractivity contribution is 0.245. The van der Waals surface area contributed by atoms with Gasteiger partial charge >= 0.3 is 6.03 Å². The highest BCUT2D eigenvalue weighted by Crippen LogP contribution is 1.76. The van der Waals surface area contributed by atoms with Crippen LogP contribution in [0.25, 0.3) is 0 Å². The van der Waals surface area contributed by atoms with E-state index >= 15 is 0 Å². The molecule has 0 aromatic carbocycles. The van der Waals surface area contributed by atoms with Crippen molar-refractivity contribution in [3.05, 3.63) is 0 Å². The number of unbranched alkanes of at least 4 members (excludes halogenated alkanes) is 1. The summed E-state index contributed by atoms with van der Waals surface area (Å²) < 4.78 is 0. The molecule has 0 aliphatic rings. The quantitative estimate of drug-likeness (QED) is 0.576. The highest BCUT2D eigenvalue weighted by Gasteiger charge is 1.81. The molecule has 0 radical (unpaired) electrons. The summed E-state index contributed by atoms with van der Waals surface area (Å²) in [4.78, 5) is 9.96. The largest absolute Gasteiger partial charge is 0.341 e. The fourth-order valence-electron chi connectivity index (χ4n) is 0.125. The third kappa shape index (κ3) is 15.7. The smallest absolute Gasteiger partial charge is 0.314 e. The zero-order chi connectivity index (χ0) is 8.41. The first-order valence-electron chi connectivity index (χ1n) is 3.62. The maximum Gasteiger partial charge on any atom is 0.314 e. The van der Waals surface area contributed by atoms with Crippen molar-refractivity contribution >= 4 is 6.03 Å². The van der Waals surface area contributed by atoms with Crippen LogP contribution in [0.3, 0.4) is 0 Å². The van der Waals surface area contributed by atoms with Crippen molar-refractivity contribution in [3.8, 4) is 0 Å². The van der Waals surface area contributed by atoms with Crippen LogP contribution in [0.2, 0.25) is 0 Å². The van der Waals surface area contributed by atoms with E-state index in [1.54, 1.807) is 14.1 Å². The van der Waals surface area contributed by atoms with Crippen LogP contribution in [0.5, 0.6) is 0 Å². The molecule has 0 aliphatic carbocycles. The maximum absolute atomic E-state index is 9.96. The third-order valence-corrected chi connectivity index (χ3v) is 0.954. The van der Waals surface area contributed by atoms with Gasteiger partial charge in [0.25, 0.3) is 0 Å². The predicted octanol–water partition coefficient (Wildman–Crippen LogP) is 1.35. The predicted molar refractivity (Wildman–Crippen MR) is 44.1 cm³/mol. The fourth-order valence-corrected chi connectivity index (χ4v) is 0.125. The molecule has 0 rings (SSSR count). The molecule has 0 saturated carbocycles. The Balaban J connectivity index is 0. The summed E-state index contributed by atoms with van der Waals surface area (Å²) in [6, 6.07) is -0.157. The minimum absolute atomic E-state index is 0.157. The van der Waals surface area contributed by atoms with Gasteiger partial charge in [-0.3, -0.25) is 0 Å². The monoisotopic (exact) mass is 146 g/mol. The first-order valence-corrected chi connectivity index (χ1v) is 3.62. The van der Waals surface area contributed by atoms with Gasteiger partial charge in [0, 0.05) is 14.1 Å². The van der Waals surface area contributed by atoms with E-state index in [1.165, 1.54) is 12.8 Å². The van der Waals surface area contributed by atoms with E-state index in [0.717, 1.165) is 0 Å². The summed E-state index contributed by atoms with van der Waals surface area (Å²) >= 11 is 0. The van der Waals surface area contributed by atoms with E-state index in [9.17, 15) is 4.79 Å². The van der Waals surface area contributed by atoms with Crippen molar-refractivity contribution in [3.63, 3.8) is 0 Å². The van der Waals surface area contributed by atoms with Gasteiger partial charge in [-0.15, -0.1) is 0 Å². The number of nitrogens with one attached hydrogen (secondary N) is 2. The zero-order valence-electron chi connectivity index (χ0n) is 7.32. The van der Waals surface area contributed by atoms with Crippen molar-refractivity contribution in [2.24, 2.45) is 0 Å². The van der Waals surface area contributed by atoms with Crippen LogP contribution >= 0.6 is 0 Å². The second-order valence-corrected chi connectivity index (χ2v) is 1.83. The second kappa shape index (κ2) is 11.1. The lowest BCUT2D eigenvalue weighted by Crippen LogP contribution is -2.28. The van der Waals surface area contributed by atoms with Gasteiger partial charge < -0.3 is 10.6 Å². The van der Waals surface area contributed by atoms with E-state index in [4.69, 9.17) is 0 Å². The van der Waals surface area contributed by atoms with Gasteiger partial charge in [0.15, 0.2) is 0 Å². The van der Waals surface area contributed by atoms with Crippen LogP contribution in [0, 0.1) is 0 Å². The van der Waals surface area contributed by atoms with Gasteiger partial charge in [0.05, 0.1) is 0 Å². The van der Waals surface area contributed by atoms with E-state index in [0.29, 0.717) is 0 Å². The van der Waals surface area contributed by atoms with Crippen molar-refractivity contribution in [2.45, 2.75) is 26.7 Å². The lowest BCUT2D eigenvalue weighted by atomic mass is 10.4. The molecule has 2 amide bonds. The zero-order valence-corrected chi connectivity index (χ0v) is 7.32. The van der Waals surface area contributed by atoms with E-state index in [-0.39, 0.29) is 6.03 Å². The number of carbonyl (C=O) groups is 1. The van der Waals surface area contributed by atoms with Crippen molar-refractivity contribution in [1.82, 2.24) is 10.6 Å². The molecular formula is C7H18N2O.